The zero-order valence-corrected chi connectivity index (χ0v) is 8.68. The van der Waals surface area contributed by atoms with Gasteiger partial charge in [-0.3, -0.25) is 4.79 Å². The quantitative estimate of drug-likeness (QED) is 0.573. The minimum absolute atomic E-state index is 0.164. The fourth-order valence-electron chi connectivity index (χ4n) is 3.44. The molecule has 14 heavy (non-hydrogen) atoms. The summed E-state index contributed by atoms with van der Waals surface area (Å²) in [5.74, 6) is 0.696. The molecule has 1 amide bonds. The zero-order valence-electron chi connectivity index (χ0n) is 8.68. The standard InChI is InChI=1S/C12H16NO/c1-8-7-13-10(14)6-12(2)5-3-4-9(8)11(12)13/h8H,1,3-7H2,2H3/t8?,12-/m1/s1. The number of allylic oxidation sites excluding steroid dienone is 1. The SMILES string of the molecule is [CH2]C1CN2C(=O)C[C@@]3(C)CCCC1=C23. The van der Waals surface area contributed by atoms with Gasteiger partial charge < -0.3 is 4.90 Å². The molecule has 0 saturated carbocycles. The number of carbonyl (C=O) groups is 1. The molecule has 0 aromatic rings. The summed E-state index contributed by atoms with van der Waals surface area (Å²) in [6.07, 6.45) is 4.32. The van der Waals surface area contributed by atoms with Gasteiger partial charge in [0.05, 0.1) is 0 Å². The van der Waals surface area contributed by atoms with E-state index in [4.69, 9.17) is 0 Å². The van der Waals surface area contributed by atoms with Crippen LogP contribution in [0.4, 0.5) is 0 Å². The molecule has 2 aliphatic heterocycles. The van der Waals surface area contributed by atoms with Crippen LogP contribution in [0.3, 0.4) is 0 Å². The van der Waals surface area contributed by atoms with Crippen LogP contribution in [0.25, 0.3) is 0 Å². The number of hydrogen-bond donors (Lipinski definition) is 0. The Morgan fingerprint density at radius 1 is 1.57 bits per heavy atom. The van der Waals surface area contributed by atoms with Crippen molar-refractivity contribution in [2.75, 3.05) is 6.54 Å². The molecule has 1 radical (unpaired) electrons. The van der Waals surface area contributed by atoms with Crippen LogP contribution in [-0.4, -0.2) is 17.4 Å². The number of carbonyl (C=O) groups excluding carboxylic acids is 1. The van der Waals surface area contributed by atoms with Crippen LogP contribution in [0.15, 0.2) is 11.3 Å². The van der Waals surface area contributed by atoms with Gasteiger partial charge in [-0.2, -0.15) is 0 Å². The number of rotatable bonds is 0. The Labute approximate surface area is 85.0 Å². The summed E-state index contributed by atoms with van der Waals surface area (Å²) >= 11 is 0. The van der Waals surface area contributed by atoms with E-state index in [1.807, 2.05) is 4.90 Å². The Kier molecular flexibility index (Phi) is 1.47. The summed E-state index contributed by atoms with van der Waals surface area (Å²) in [5, 5.41) is 0. The van der Waals surface area contributed by atoms with Crippen molar-refractivity contribution in [1.82, 2.24) is 4.90 Å². The zero-order chi connectivity index (χ0) is 9.92. The normalized spacial score (nSPS) is 40.9. The first-order valence-corrected chi connectivity index (χ1v) is 5.49. The molecule has 0 aromatic carbocycles. The second kappa shape index (κ2) is 2.41. The van der Waals surface area contributed by atoms with Crippen molar-refractivity contribution in [3.8, 4) is 0 Å². The molecule has 0 bridgehead atoms. The third kappa shape index (κ3) is 0.844. The topological polar surface area (TPSA) is 20.3 Å². The van der Waals surface area contributed by atoms with E-state index < -0.39 is 0 Å². The van der Waals surface area contributed by atoms with Gasteiger partial charge in [0.2, 0.25) is 5.91 Å². The van der Waals surface area contributed by atoms with E-state index in [0.29, 0.717) is 11.8 Å². The summed E-state index contributed by atoms with van der Waals surface area (Å²) in [6, 6.07) is 0. The highest BCUT2D eigenvalue weighted by Gasteiger charge is 2.51. The molecule has 75 valence electrons. The monoisotopic (exact) mass is 190 g/mol. The van der Waals surface area contributed by atoms with Crippen LogP contribution in [-0.2, 0) is 4.79 Å². The maximum absolute atomic E-state index is 11.8. The van der Waals surface area contributed by atoms with Crippen molar-refractivity contribution < 1.29 is 4.79 Å². The van der Waals surface area contributed by atoms with Crippen molar-refractivity contribution >= 4 is 5.91 Å². The van der Waals surface area contributed by atoms with Gasteiger partial charge >= 0.3 is 0 Å². The fraction of sp³-hybridized carbons (Fsp3) is 0.667. The second-order valence-corrected chi connectivity index (χ2v) is 5.17. The highest BCUT2D eigenvalue weighted by atomic mass is 16.2. The lowest BCUT2D eigenvalue weighted by Crippen LogP contribution is -2.23. The van der Waals surface area contributed by atoms with Gasteiger partial charge in [0.15, 0.2) is 0 Å². The molecule has 0 aromatic heterocycles. The minimum Gasteiger partial charge on any atom is -0.315 e. The Morgan fingerprint density at radius 2 is 2.36 bits per heavy atom. The summed E-state index contributed by atoms with van der Waals surface area (Å²) in [5.41, 5.74) is 3.00. The molecular formula is C12H16NO. The molecular weight excluding hydrogens is 174 g/mol. The minimum atomic E-state index is 0.164. The van der Waals surface area contributed by atoms with Crippen molar-refractivity contribution in [3.63, 3.8) is 0 Å². The first-order valence-electron chi connectivity index (χ1n) is 5.49. The van der Waals surface area contributed by atoms with Gasteiger partial charge in [-0.05, 0) is 37.7 Å². The van der Waals surface area contributed by atoms with Crippen molar-refractivity contribution in [2.45, 2.75) is 32.6 Å². The van der Waals surface area contributed by atoms with Crippen molar-refractivity contribution in [3.05, 3.63) is 18.2 Å². The molecule has 2 atom stereocenters. The van der Waals surface area contributed by atoms with Gasteiger partial charge in [-0.1, -0.05) is 6.92 Å². The molecule has 2 heteroatoms. The van der Waals surface area contributed by atoms with E-state index >= 15 is 0 Å². The molecule has 0 N–H and O–H groups in total. The maximum atomic E-state index is 11.8. The van der Waals surface area contributed by atoms with Crippen LogP contribution >= 0.6 is 0 Å². The van der Waals surface area contributed by atoms with Crippen LogP contribution in [0.1, 0.15) is 32.6 Å². The van der Waals surface area contributed by atoms with Crippen LogP contribution in [0.2, 0.25) is 0 Å². The van der Waals surface area contributed by atoms with E-state index in [0.717, 1.165) is 13.0 Å². The average molecular weight is 190 g/mol. The van der Waals surface area contributed by atoms with Crippen LogP contribution < -0.4 is 0 Å². The van der Waals surface area contributed by atoms with E-state index in [-0.39, 0.29) is 5.41 Å². The predicted octanol–water partition coefficient (Wildman–Crippen LogP) is 2.13. The van der Waals surface area contributed by atoms with Crippen LogP contribution in [0, 0.1) is 18.3 Å². The smallest absolute Gasteiger partial charge is 0.227 e. The lowest BCUT2D eigenvalue weighted by Gasteiger charge is -2.30. The molecule has 3 rings (SSSR count). The Hall–Kier alpha value is -0.790. The predicted molar refractivity (Wildman–Crippen MR) is 54.2 cm³/mol. The van der Waals surface area contributed by atoms with E-state index in [2.05, 4.69) is 13.8 Å². The number of amides is 1. The van der Waals surface area contributed by atoms with E-state index in [1.165, 1.54) is 30.5 Å². The van der Waals surface area contributed by atoms with Gasteiger partial charge in [0.25, 0.3) is 0 Å². The summed E-state index contributed by atoms with van der Waals surface area (Å²) < 4.78 is 0. The Morgan fingerprint density at radius 3 is 3.14 bits per heavy atom. The molecule has 2 heterocycles. The highest BCUT2D eigenvalue weighted by molar-refractivity contribution is 5.84. The van der Waals surface area contributed by atoms with E-state index in [9.17, 15) is 4.79 Å². The third-order valence-corrected chi connectivity index (χ3v) is 4.06. The Bertz CT molecular complexity index is 344. The Balaban J connectivity index is 2.16. The summed E-state index contributed by atoms with van der Waals surface area (Å²) in [4.78, 5) is 13.8. The lowest BCUT2D eigenvalue weighted by molar-refractivity contribution is -0.126. The van der Waals surface area contributed by atoms with Gasteiger partial charge in [0.1, 0.15) is 0 Å². The maximum Gasteiger partial charge on any atom is 0.227 e. The third-order valence-electron chi connectivity index (χ3n) is 4.06. The lowest BCUT2D eigenvalue weighted by atomic mass is 9.73. The fourth-order valence-corrected chi connectivity index (χ4v) is 3.44. The number of nitrogens with zero attached hydrogens (tertiary/aromatic N) is 1. The second-order valence-electron chi connectivity index (χ2n) is 5.17. The molecule has 1 aliphatic carbocycles. The molecule has 1 saturated heterocycles. The molecule has 1 fully saturated rings. The largest absolute Gasteiger partial charge is 0.315 e. The summed E-state index contributed by atoms with van der Waals surface area (Å²) in [6.45, 7) is 7.25. The number of hydrogen-bond acceptors (Lipinski definition) is 1. The van der Waals surface area contributed by atoms with Crippen LogP contribution in [0.5, 0.6) is 0 Å². The molecule has 0 spiro atoms. The highest BCUT2D eigenvalue weighted by Crippen LogP contribution is 2.54. The first kappa shape index (κ1) is 8.51. The van der Waals surface area contributed by atoms with Crippen molar-refractivity contribution in [1.29, 1.82) is 0 Å². The average Bonchev–Trinajstić information content (AvgIpc) is 2.56. The summed E-state index contributed by atoms with van der Waals surface area (Å²) in [7, 11) is 0. The van der Waals surface area contributed by atoms with Gasteiger partial charge in [-0.25, -0.2) is 0 Å². The van der Waals surface area contributed by atoms with E-state index in [1.54, 1.807) is 0 Å². The molecule has 2 nitrogen and oxygen atoms in total. The van der Waals surface area contributed by atoms with Crippen molar-refractivity contribution in [2.24, 2.45) is 11.3 Å². The first-order chi connectivity index (χ1) is 6.62. The van der Waals surface area contributed by atoms with Gasteiger partial charge in [-0.15, -0.1) is 0 Å². The van der Waals surface area contributed by atoms with Gasteiger partial charge in [0, 0.05) is 24.1 Å². The molecule has 1 unspecified atom stereocenters. The molecule has 3 aliphatic rings.